The largest absolute Gasteiger partial charge is 0.295 e. The molecule has 9 heavy (non-hydrogen) atoms. The van der Waals surface area contributed by atoms with E-state index in [-0.39, 0.29) is 5.78 Å². The van der Waals surface area contributed by atoms with E-state index < -0.39 is 0 Å². The molecule has 0 bridgehead atoms. The predicted molar refractivity (Wildman–Crippen MR) is 37.1 cm³/mol. The van der Waals surface area contributed by atoms with Crippen LogP contribution in [0.5, 0.6) is 0 Å². The average molecular weight is 122 g/mol. The Bertz CT molecular complexity index is 165. The molecule has 0 N–H and O–H groups in total. The molecule has 1 aliphatic carbocycles. The molecule has 0 heterocycles. The van der Waals surface area contributed by atoms with Crippen molar-refractivity contribution in [1.29, 1.82) is 0 Å². The molecule has 1 rings (SSSR count). The van der Waals surface area contributed by atoms with Gasteiger partial charge in [0.1, 0.15) is 0 Å². The number of ketones is 1. The van der Waals surface area contributed by atoms with Crippen LogP contribution in [0.2, 0.25) is 0 Å². The van der Waals surface area contributed by atoms with Crippen LogP contribution in [0.1, 0.15) is 19.3 Å². The highest BCUT2D eigenvalue weighted by molar-refractivity contribution is 5.90. The van der Waals surface area contributed by atoms with Crippen molar-refractivity contribution in [3.05, 3.63) is 24.3 Å². The summed E-state index contributed by atoms with van der Waals surface area (Å²) in [5, 5.41) is 0. The Balaban J connectivity index is 2.58. The van der Waals surface area contributed by atoms with Gasteiger partial charge in [-0.05, 0) is 18.9 Å². The van der Waals surface area contributed by atoms with E-state index in [4.69, 9.17) is 0 Å². The lowest BCUT2D eigenvalue weighted by Crippen LogP contribution is -1.88. The molecular weight excluding hydrogens is 112 g/mol. The summed E-state index contributed by atoms with van der Waals surface area (Å²) in [6.45, 7) is 3.81. The van der Waals surface area contributed by atoms with Crippen LogP contribution in [0.25, 0.3) is 0 Å². The average Bonchev–Trinajstić information content (AvgIpc) is 1.97. The van der Waals surface area contributed by atoms with E-state index in [2.05, 4.69) is 6.58 Å². The smallest absolute Gasteiger partial charge is 0.155 e. The van der Waals surface area contributed by atoms with Crippen LogP contribution >= 0.6 is 0 Å². The number of hydrogen-bond acceptors (Lipinski definition) is 1. The zero-order valence-corrected chi connectivity index (χ0v) is 5.39. The number of carbonyl (C=O) groups excluding carboxylic acids is 1. The Morgan fingerprint density at radius 1 is 1.44 bits per heavy atom. The van der Waals surface area contributed by atoms with E-state index in [1.54, 1.807) is 6.08 Å². The molecule has 0 spiro atoms. The standard InChI is InChI=1S/C8H10O/c1-7-3-2-4-8(9)6-5-7/h2,4H,1,3,5-6H2. The van der Waals surface area contributed by atoms with Gasteiger partial charge in [0.2, 0.25) is 0 Å². The topological polar surface area (TPSA) is 17.1 Å². The number of hydrogen-bond donors (Lipinski definition) is 0. The first-order valence-corrected chi connectivity index (χ1v) is 3.15. The highest BCUT2D eigenvalue weighted by atomic mass is 16.1. The number of carbonyl (C=O) groups is 1. The summed E-state index contributed by atoms with van der Waals surface area (Å²) in [5.74, 6) is 0.230. The predicted octanol–water partition coefficient (Wildman–Crippen LogP) is 1.85. The highest BCUT2D eigenvalue weighted by Crippen LogP contribution is 2.12. The van der Waals surface area contributed by atoms with Crippen molar-refractivity contribution >= 4 is 5.78 Å². The molecule has 48 valence electrons. The first-order valence-electron chi connectivity index (χ1n) is 3.15. The Kier molecular flexibility index (Phi) is 1.83. The molecule has 0 radical (unpaired) electrons. The summed E-state index contributed by atoms with van der Waals surface area (Å²) < 4.78 is 0. The molecule has 0 amide bonds. The molecule has 0 saturated carbocycles. The van der Waals surface area contributed by atoms with E-state index in [1.807, 2.05) is 6.08 Å². The zero-order chi connectivity index (χ0) is 6.69. The Morgan fingerprint density at radius 2 is 2.22 bits per heavy atom. The van der Waals surface area contributed by atoms with Crippen LogP contribution in [0.15, 0.2) is 24.3 Å². The van der Waals surface area contributed by atoms with Crippen LogP contribution in [-0.4, -0.2) is 5.78 Å². The van der Waals surface area contributed by atoms with Gasteiger partial charge in [0.25, 0.3) is 0 Å². The molecule has 0 aliphatic heterocycles. The fourth-order valence-corrected chi connectivity index (χ4v) is 0.842. The Morgan fingerprint density at radius 3 is 3.00 bits per heavy atom. The minimum atomic E-state index is 0.230. The number of allylic oxidation sites excluding steroid dienone is 3. The Hall–Kier alpha value is -0.850. The summed E-state index contributed by atoms with van der Waals surface area (Å²) in [4.78, 5) is 10.7. The van der Waals surface area contributed by atoms with E-state index in [9.17, 15) is 4.79 Å². The van der Waals surface area contributed by atoms with Gasteiger partial charge < -0.3 is 0 Å². The summed E-state index contributed by atoms with van der Waals surface area (Å²) in [5.41, 5.74) is 1.16. The van der Waals surface area contributed by atoms with E-state index in [0.717, 1.165) is 18.4 Å². The third kappa shape index (κ3) is 1.84. The summed E-state index contributed by atoms with van der Waals surface area (Å²) in [7, 11) is 0. The maximum atomic E-state index is 10.7. The van der Waals surface area contributed by atoms with E-state index >= 15 is 0 Å². The van der Waals surface area contributed by atoms with Gasteiger partial charge in [-0.15, -0.1) is 0 Å². The molecule has 0 saturated heterocycles. The van der Waals surface area contributed by atoms with Gasteiger partial charge in [-0.2, -0.15) is 0 Å². The Labute approximate surface area is 55.1 Å². The van der Waals surface area contributed by atoms with Crippen molar-refractivity contribution in [1.82, 2.24) is 0 Å². The molecule has 0 fully saturated rings. The lowest BCUT2D eigenvalue weighted by Gasteiger charge is -1.93. The third-order valence-corrected chi connectivity index (χ3v) is 1.44. The van der Waals surface area contributed by atoms with Crippen molar-refractivity contribution in [3.63, 3.8) is 0 Å². The molecule has 0 aromatic carbocycles. The summed E-state index contributed by atoms with van der Waals surface area (Å²) in [6.07, 6.45) is 5.93. The molecule has 0 unspecified atom stereocenters. The van der Waals surface area contributed by atoms with Crippen molar-refractivity contribution < 1.29 is 4.79 Å². The highest BCUT2D eigenvalue weighted by Gasteiger charge is 2.02. The maximum Gasteiger partial charge on any atom is 0.155 e. The van der Waals surface area contributed by atoms with Crippen LogP contribution in [0, 0.1) is 0 Å². The van der Waals surface area contributed by atoms with E-state index in [1.165, 1.54) is 0 Å². The van der Waals surface area contributed by atoms with Crippen molar-refractivity contribution in [2.75, 3.05) is 0 Å². The molecule has 1 nitrogen and oxygen atoms in total. The molecule has 0 aromatic heterocycles. The molecular formula is C8H10O. The van der Waals surface area contributed by atoms with Gasteiger partial charge in [-0.1, -0.05) is 18.2 Å². The second-order valence-electron chi connectivity index (χ2n) is 2.32. The third-order valence-electron chi connectivity index (χ3n) is 1.44. The van der Waals surface area contributed by atoms with Gasteiger partial charge in [0.15, 0.2) is 5.78 Å². The van der Waals surface area contributed by atoms with Crippen LogP contribution in [0.3, 0.4) is 0 Å². The fourth-order valence-electron chi connectivity index (χ4n) is 0.842. The zero-order valence-electron chi connectivity index (χ0n) is 5.39. The monoisotopic (exact) mass is 122 g/mol. The summed E-state index contributed by atoms with van der Waals surface area (Å²) in [6, 6.07) is 0. The molecule has 1 heteroatoms. The minimum Gasteiger partial charge on any atom is -0.295 e. The molecule has 1 aliphatic rings. The molecule has 0 atom stereocenters. The van der Waals surface area contributed by atoms with Crippen LogP contribution in [-0.2, 0) is 4.79 Å². The van der Waals surface area contributed by atoms with Gasteiger partial charge in [0, 0.05) is 6.42 Å². The maximum absolute atomic E-state index is 10.7. The lowest BCUT2D eigenvalue weighted by atomic mass is 10.1. The van der Waals surface area contributed by atoms with Gasteiger partial charge in [0.05, 0.1) is 0 Å². The number of rotatable bonds is 0. The second kappa shape index (κ2) is 2.62. The molecule has 0 aromatic rings. The summed E-state index contributed by atoms with van der Waals surface area (Å²) >= 11 is 0. The normalized spacial score (nSPS) is 20.0. The van der Waals surface area contributed by atoms with Gasteiger partial charge >= 0.3 is 0 Å². The van der Waals surface area contributed by atoms with Crippen molar-refractivity contribution in [3.8, 4) is 0 Å². The lowest BCUT2D eigenvalue weighted by molar-refractivity contribution is -0.114. The fraction of sp³-hybridized carbons (Fsp3) is 0.375. The van der Waals surface area contributed by atoms with Crippen molar-refractivity contribution in [2.45, 2.75) is 19.3 Å². The van der Waals surface area contributed by atoms with Crippen LogP contribution < -0.4 is 0 Å². The van der Waals surface area contributed by atoms with Crippen molar-refractivity contribution in [2.24, 2.45) is 0 Å². The first kappa shape index (κ1) is 6.27. The van der Waals surface area contributed by atoms with Crippen LogP contribution in [0.4, 0.5) is 0 Å². The minimum absolute atomic E-state index is 0.230. The second-order valence-corrected chi connectivity index (χ2v) is 2.32. The first-order chi connectivity index (χ1) is 4.29. The van der Waals surface area contributed by atoms with E-state index in [0.29, 0.717) is 6.42 Å². The SMILES string of the molecule is C=C1CC=CC(=O)CC1. The van der Waals surface area contributed by atoms with Gasteiger partial charge in [-0.25, -0.2) is 0 Å². The van der Waals surface area contributed by atoms with Gasteiger partial charge in [-0.3, -0.25) is 4.79 Å². The quantitative estimate of drug-likeness (QED) is 0.448.